The van der Waals surface area contributed by atoms with E-state index in [1.165, 1.54) is 19.2 Å². The Kier molecular flexibility index (Phi) is 3.86. The summed E-state index contributed by atoms with van der Waals surface area (Å²) in [5, 5.41) is 9.48. The van der Waals surface area contributed by atoms with Gasteiger partial charge >= 0.3 is 0 Å². The van der Waals surface area contributed by atoms with E-state index < -0.39 is 11.9 Å². The van der Waals surface area contributed by atoms with Crippen LogP contribution in [-0.2, 0) is 0 Å². The van der Waals surface area contributed by atoms with E-state index in [9.17, 15) is 9.50 Å². The van der Waals surface area contributed by atoms with Crippen molar-refractivity contribution in [3.05, 3.63) is 28.0 Å². The van der Waals surface area contributed by atoms with Gasteiger partial charge in [-0.1, -0.05) is 0 Å². The minimum Gasteiger partial charge on any atom is -0.495 e. The Hall–Kier alpha value is -0.650. The predicted octanol–water partition coefficient (Wildman–Crippen LogP) is 1.59. The van der Waals surface area contributed by atoms with Gasteiger partial charge in [-0.2, -0.15) is 0 Å². The lowest BCUT2D eigenvalue weighted by molar-refractivity contribution is 0.185. The molecule has 1 atom stereocenters. The van der Waals surface area contributed by atoms with Gasteiger partial charge in [0.05, 0.1) is 17.7 Å². The van der Waals surface area contributed by atoms with Gasteiger partial charge in [0, 0.05) is 18.2 Å². The van der Waals surface area contributed by atoms with E-state index in [1.807, 2.05) is 0 Å². The molecule has 0 aliphatic heterocycles. The Bertz CT molecular complexity index is 333. The van der Waals surface area contributed by atoms with Crippen molar-refractivity contribution in [1.29, 1.82) is 0 Å². The van der Waals surface area contributed by atoms with Gasteiger partial charge < -0.3 is 15.6 Å². The zero-order valence-electron chi connectivity index (χ0n) is 7.63. The highest BCUT2D eigenvalue weighted by Crippen LogP contribution is 2.33. The minimum atomic E-state index is -0.894. The van der Waals surface area contributed by atoms with Crippen LogP contribution in [0.15, 0.2) is 16.6 Å². The second-order valence-corrected chi connectivity index (χ2v) is 3.56. The second-order valence-electron chi connectivity index (χ2n) is 2.76. The first kappa shape index (κ1) is 11.4. The zero-order valence-corrected chi connectivity index (χ0v) is 9.21. The third kappa shape index (κ3) is 2.23. The number of ether oxygens (including phenoxy) is 1. The van der Waals surface area contributed by atoms with Gasteiger partial charge in [-0.15, -0.1) is 0 Å². The Morgan fingerprint density at radius 3 is 2.79 bits per heavy atom. The van der Waals surface area contributed by atoms with E-state index >= 15 is 0 Å². The summed E-state index contributed by atoms with van der Waals surface area (Å²) in [4.78, 5) is 0. The molecule has 1 unspecified atom stereocenters. The fourth-order valence-electron chi connectivity index (χ4n) is 1.10. The van der Waals surface area contributed by atoms with Crippen molar-refractivity contribution in [1.82, 2.24) is 0 Å². The lowest BCUT2D eigenvalue weighted by Crippen LogP contribution is -2.12. The van der Waals surface area contributed by atoms with Crippen molar-refractivity contribution in [3.8, 4) is 5.75 Å². The molecule has 0 bridgehead atoms. The van der Waals surface area contributed by atoms with E-state index in [2.05, 4.69) is 15.9 Å². The lowest BCUT2D eigenvalue weighted by atomic mass is 10.1. The molecule has 0 heterocycles. The number of halogens is 2. The number of aliphatic hydroxyl groups is 1. The molecule has 0 saturated heterocycles. The monoisotopic (exact) mass is 263 g/mol. The molecule has 0 radical (unpaired) electrons. The van der Waals surface area contributed by atoms with Crippen LogP contribution in [-0.4, -0.2) is 18.8 Å². The number of benzene rings is 1. The Labute approximate surface area is 89.8 Å². The molecule has 78 valence electrons. The van der Waals surface area contributed by atoms with Gasteiger partial charge in [0.15, 0.2) is 0 Å². The van der Waals surface area contributed by atoms with Gasteiger partial charge in [-0.25, -0.2) is 4.39 Å². The molecule has 5 heteroatoms. The maximum Gasteiger partial charge on any atom is 0.136 e. The van der Waals surface area contributed by atoms with E-state index in [1.54, 1.807) is 0 Å². The second kappa shape index (κ2) is 4.72. The number of methoxy groups -OCH3 is 1. The molecule has 0 aliphatic rings. The van der Waals surface area contributed by atoms with Crippen molar-refractivity contribution in [3.63, 3.8) is 0 Å². The Balaban J connectivity index is 3.21. The van der Waals surface area contributed by atoms with Crippen LogP contribution in [0.3, 0.4) is 0 Å². The first-order chi connectivity index (χ1) is 6.60. The number of hydrogen-bond donors (Lipinski definition) is 2. The van der Waals surface area contributed by atoms with Crippen LogP contribution in [0.1, 0.15) is 11.7 Å². The summed E-state index contributed by atoms with van der Waals surface area (Å²) in [6, 6.07) is 2.46. The van der Waals surface area contributed by atoms with Crippen LogP contribution in [0, 0.1) is 5.82 Å². The molecule has 0 saturated carbocycles. The highest BCUT2D eigenvalue weighted by molar-refractivity contribution is 9.10. The highest BCUT2D eigenvalue weighted by atomic mass is 79.9. The molecule has 0 aliphatic carbocycles. The maximum absolute atomic E-state index is 13.0. The summed E-state index contributed by atoms with van der Waals surface area (Å²) in [5.74, 6) is -0.125. The molecule has 1 rings (SSSR count). The van der Waals surface area contributed by atoms with Crippen molar-refractivity contribution in [2.24, 2.45) is 5.73 Å². The fraction of sp³-hybridized carbons (Fsp3) is 0.333. The maximum atomic E-state index is 13.0. The van der Waals surface area contributed by atoms with Crippen molar-refractivity contribution in [2.45, 2.75) is 6.10 Å². The van der Waals surface area contributed by atoms with Crippen LogP contribution in [0.25, 0.3) is 0 Å². The summed E-state index contributed by atoms with van der Waals surface area (Å²) in [5.41, 5.74) is 5.67. The average Bonchev–Trinajstić information content (AvgIpc) is 2.19. The van der Waals surface area contributed by atoms with Gasteiger partial charge in [0.2, 0.25) is 0 Å². The smallest absolute Gasteiger partial charge is 0.136 e. The number of nitrogens with two attached hydrogens (primary N) is 1. The van der Waals surface area contributed by atoms with E-state index in [-0.39, 0.29) is 6.54 Å². The van der Waals surface area contributed by atoms with Crippen molar-refractivity contribution >= 4 is 15.9 Å². The summed E-state index contributed by atoms with van der Waals surface area (Å²) >= 11 is 3.21. The quantitative estimate of drug-likeness (QED) is 0.871. The van der Waals surface area contributed by atoms with Crippen LogP contribution in [0.5, 0.6) is 5.75 Å². The summed E-state index contributed by atoms with van der Waals surface area (Å²) in [6.07, 6.45) is -0.894. The summed E-state index contributed by atoms with van der Waals surface area (Å²) < 4.78 is 18.5. The predicted molar refractivity (Wildman–Crippen MR) is 54.7 cm³/mol. The van der Waals surface area contributed by atoms with Crippen LogP contribution in [0.4, 0.5) is 4.39 Å². The third-order valence-corrected chi connectivity index (χ3v) is 2.68. The molecule has 1 aromatic rings. The standard InChI is InChI=1S/C9H11BrFNO2/c1-14-8-3-5(11)2-6(9(8)10)7(13)4-12/h2-3,7,13H,4,12H2,1H3. The summed E-state index contributed by atoms with van der Waals surface area (Å²) in [7, 11) is 1.43. The topological polar surface area (TPSA) is 55.5 Å². The first-order valence-corrected chi connectivity index (χ1v) is 4.80. The normalized spacial score (nSPS) is 12.6. The van der Waals surface area contributed by atoms with Gasteiger partial charge in [0.1, 0.15) is 11.6 Å². The van der Waals surface area contributed by atoms with Crippen molar-refractivity contribution < 1.29 is 14.2 Å². The molecule has 0 aromatic heterocycles. The molecular weight excluding hydrogens is 253 g/mol. The Morgan fingerprint density at radius 1 is 1.64 bits per heavy atom. The van der Waals surface area contributed by atoms with Crippen LogP contribution in [0.2, 0.25) is 0 Å². The molecule has 3 N–H and O–H groups in total. The van der Waals surface area contributed by atoms with Crippen molar-refractivity contribution in [2.75, 3.05) is 13.7 Å². The molecule has 14 heavy (non-hydrogen) atoms. The van der Waals surface area contributed by atoms with E-state index in [4.69, 9.17) is 10.5 Å². The number of aliphatic hydroxyl groups excluding tert-OH is 1. The minimum absolute atomic E-state index is 0.0329. The highest BCUT2D eigenvalue weighted by Gasteiger charge is 2.15. The third-order valence-electron chi connectivity index (χ3n) is 1.83. The first-order valence-electron chi connectivity index (χ1n) is 4.01. The molecular formula is C9H11BrFNO2. The molecule has 0 spiro atoms. The van der Waals surface area contributed by atoms with Gasteiger partial charge in [-0.05, 0) is 22.0 Å². The van der Waals surface area contributed by atoms with Crippen LogP contribution < -0.4 is 10.5 Å². The van der Waals surface area contributed by atoms with E-state index in [0.29, 0.717) is 15.8 Å². The molecule has 0 amide bonds. The Morgan fingerprint density at radius 2 is 2.29 bits per heavy atom. The van der Waals surface area contributed by atoms with Gasteiger partial charge in [0.25, 0.3) is 0 Å². The average molecular weight is 264 g/mol. The fourth-order valence-corrected chi connectivity index (χ4v) is 1.76. The molecule has 3 nitrogen and oxygen atoms in total. The number of rotatable bonds is 3. The lowest BCUT2D eigenvalue weighted by Gasteiger charge is -2.13. The molecule has 0 fully saturated rings. The van der Waals surface area contributed by atoms with Crippen LogP contribution >= 0.6 is 15.9 Å². The zero-order chi connectivity index (χ0) is 10.7. The largest absolute Gasteiger partial charge is 0.495 e. The molecule has 1 aromatic carbocycles. The van der Waals surface area contributed by atoms with E-state index in [0.717, 1.165) is 0 Å². The SMILES string of the molecule is COc1cc(F)cc(C(O)CN)c1Br. The van der Waals surface area contributed by atoms with Gasteiger partial charge in [-0.3, -0.25) is 0 Å². The number of hydrogen-bond acceptors (Lipinski definition) is 3. The summed E-state index contributed by atoms with van der Waals surface area (Å²) in [6.45, 7) is 0.0329.